The van der Waals surface area contributed by atoms with Crippen LogP contribution in [0.25, 0.3) is 0 Å². The molecule has 220 valence electrons. The molecule has 0 radical (unpaired) electrons. The van der Waals surface area contributed by atoms with E-state index in [9.17, 15) is 0 Å². The zero-order chi connectivity index (χ0) is 29.2. The van der Waals surface area contributed by atoms with Crippen LogP contribution in [0.15, 0.2) is 133 Å². The van der Waals surface area contributed by atoms with Gasteiger partial charge in [-0.3, -0.25) is 0 Å². The second-order valence-corrected chi connectivity index (χ2v) is 11.6. The first-order chi connectivity index (χ1) is 20.2. The average Bonchev–Trinajstić information content (AvgIpc) is 3.06. The highest BCUT2D eigenvalue weighted by Gasteiger charge is 2.19. The van der Waals surface area contributed by atoms with Crippen LogP contribution in [-0.4, -0.2) is 0 Å². The standard InChI is InChI=1S/C16H26.C13H18.2C6H6/c1-3-4-5-6-7-9-12-15(2)16-13-10-8-11-14-16;1-11-6-5-9-13(10-11)12-7-3-2-4-8-12;2*1-2-4-6-5-3-1/h8,10-11,13-15H,3-7,9,12H2,1-2H3;2-4,7-8,11,13H,5-6,9-10H2,1H3;2*1-6H/t15-;11?,13-;;/m10../s1. The molecule has 0 bridgehead atoms. The van der Waals surface area contributed by atoms with Gasteiger partial charge in [0.2, 0.25) is 0 Å². The Labute approximate surface area is 253 Å². The van der Waals surface area contributed by atoms with E-state index in [-0.39, 0.29) is 0 Å². The summed E-state index contributed by atoms with van der Waals surface area (Å²) in [5.74, 6) is 2.50. The van der Waals surface area contributed by atoms with Crippen molar-refractivity contribution in [1.29, 1.82) is 0 Å². The minimum absolute atomic E-state index is 0.729. The van der Waals surface area contributed by atoms with Crippen molar-refractivity contribution in [2.45, 2.75) is 103 Å². The normalized spacial score (nSPS) is 16.4. The maximum atomic E-state index is 2.38. The molecule has 0 heterocycles. The van der Waals surface area contributed by atoms with E-state index in [1.54, 1.807) is 5.56 Å². The average molecular weight is 549 g/mol. The Bertz CT molecular complexity index is 957. The lowest BCUT2D eigenvalue weighted by Gasteiger charge is -2.26. The van der Waals surface area contributed by atoms with E-state index in [1.807, 2.05) is 72.8 Å². The number of hydrogen-bond acceptors (Lipinski definition) is 0. The Hall–Kier alpha value is -3.12. The zero-order valence-electron chi connectivity index (χ0n) is 26.2. The lowest BCUT2D eigenvalue weighted by molar-refractivity contribution is 0.344. The highest BCUT2D eigenvalue weighted by atomic mass is 14.2. The molecule has 41 heavy (non-hydrogen) atoms. The minimum atomic E-state index is 0.729. The highest BCUT2D eigenvalue weighted by molar-refractivity contribution is 5.20. The van der Waals surface area contributed by atoms with Crippen LogP contribution in [0.5, 0.6) is 0 Å². The van der Waals surface area contributed by atoms with Crippen molar-refractivity contribution in [2.75, 3.05) is 0 Å². The van der Waals surface area contributed by atoms with Crippen molar-refractivity contribution < 1.29 is 0 Å². The minimum Gasteiger partial charge on any atom is -0.0654 e. The molecule has 1 aliphatic rings. The van der Waals surface area contributed by atoms with Gasteiger partial charge in [0.25, 0.3) is 0 Å². The third kappa shape index (κ3) is 17.3. The molecule has 3 atom stereocenters. The summed E-state index contributed by atoms with van der Waals surface area (Å²) in [6.07, 6.45) is 15.4. The number of hydrogen-bond donors (Lipinski definition) is 0. The molecule has 1 saturated carbocycles. The van der Waals surface area contributed by atoms with E-state index < -0.39 is 0 Å². The summed E-state index contributed by atoms with van der Waals surface area (Å²) >= 11 is 0. The molecule has 1 unspecified atom stereocenters. The van der Waals surface area contributed by atoms with Crippen LogP contribution < -0.4 is 0 Å². The van der Waals surface area contributed by atoms with Gasteiger partial charge in [-0.1, -0.05) is 206 Å². The lowest BCUT2D eigenvalue weighted by atomic mass is 9.79. The number of benzene rings is 4. The first kappa shape index (κ1) is 34.1. The van der Waals surface area contributed by atoms with Crippen LogP contribution >= 0.6 is 0 Å². The summed E-state index contributed by atoms with van der Waals surface area (Å²) < 4.78 is 0. The van der Waals surface area contributed by atoms with Crippen LogP contribution in [0.4, 0.5) is 0 Å². The third-order valence-corrected chi connectivity index (χ3v) is 7.90. The smallest absolute Gasteiger partial charge is 0.0159 e. The largest absolute Gasteiger partial charge is 0.0654 e. The van der Waals surface area contributed by atoms with Crippen molar-refractivity contribution in [1.82, 2.24) is 0 Å². The van der Waals surface area contributed by atoms with Crippen LogP contribution in [0.1, 0.15) is 114 Å². The van der Waals surface area contributed by atoms with Gasteiger partial charge in [-0.15, -0.1) is 0 Å². The first-order valence-corrected chi connectivity index (χ1v) is 16.3. The Kier molecular flexibility index (Phi) is 19.6. The quantitative estimate of drug-likeness (QED) is 0.182. The molecular weight excluding hydrogens is 492 g/mol. The molecule has 0 heteroatoms. The van der Waals surface area contributed by atoms with Crippen LogP contribution in [0.2, 0.25) is 0 Å². The zero-order valence-corrected chi connectivity index (χ0v) is 26.2. The molecule has 4 aromatic rings. The first-order valence-electron chi connectivity index (χ1n) is 16.3. The van der Waals surface area contributed by atoms with Gasteiger partial charge in [0, 0.05) is 0 Å². The Morgan fingerprint density at radius 2 is 1.00 bits per heavy atom. The summed E-state index contributed by atoms with van der Waals surface area (Å²) in [5, 5.41) is 0. The molecule has 1 aliphatic carbocycles. The molecule has 0 nitrogen and oxygen atoms in total. The Morgan fingerprint density at radius 1 is 0.561 bits per heavy atom. The highest BCUT2D eigenvalue weighted by Crippen LogP contribution is 2.35. The van der Waals surface area contributed by atoms with Gasteiger partial charge >= 0.3 is 0 Å². The van der Waals surface area contributed by atoms with Gasteiger partial charge in [0.05, 0.1) is 0 Å². The maximum absolute atomic E-state index is 2.38. The molecule has 4 aromatic carbocycles. The summed E-state index contributed by atoms with van der Waals surface area (Å²) in [5.41, 5.74) is 3.05. The van der Waals surface area contributed by atoms with Gasteiger partial charge in [0.1, 0.15) is 0 Å². The molecule has 0 N–H and O–H groups in total. The fraction of sp³-hybridized carbons (Fsp3) is 0.415. The fourth-order valence-electron chi connectivity index (χ4n) is 5.41. The Morgan fingerprint density at radius 3 is 1.49 bits per heavy atom. The van der Waals surface area contributed by atoms with Crippen molar-refractivity contribution in [3.8, 4) is 0 Å². The monoisotopic (exact) mass is 548 g/mol. The third-order valence-electron chi connectivity index (χ3n) is 7.90. The topological polar surface area (TPSA) is 0 Å². The summed E-state index contributed by atoms with van der Waals surface area (Å²) in [7, 11) is 0. The molecule has 0 aliphatic heterocycles. The van der Waals surface area contributed by atoms with Gasteiger partial charge in [0.15, 0.2) is 0 Å². The van der Waals surface area contributed by atoms with Gasteiger partial charge < -0.3 is 0 Å². The van der Waals surface area contributed by atoms with Gasteiger partial charge in [-0.05, 0) is 48.1 Å². The van der Waals surface area contributed by atoms with Crippen LogP contribution in [0.3, 0.4) is 0 Å². The second-order valence-electron chi connectivity index (χ2n) is 11.6. The molecular formula is C41H56. The molecule has 5 rings (SSSR count). The van der Waals surface area contributed by atoms with Crippen molar-refractivity contribution in [2.24, 2.45) is 5.92 Å². The molecule has 0 spiro atoms. The molecule has 0 saturated heterocycles. The van der Waals surface area contributed by atoms with Crippen molar-refractivity contribution in [3.63, 3.8) is 0 Å². The second kappa shape index (κ2) is 23.6. The predicted molar refractivity (Wildman–Crippen MR) is 183 cm³/mol. The molecule has 1 fully saturated rings. The van der Waals surface area contributed by atoms with Crippen LogP contribution in [-0.2, 0) is 0 Å². The van der Waals surface area contributed by atoms with E-state index >= 15 is 0 Å². The summed E-state index contributed by atoms with van der Waals surface area (Å²) in [6, 6.07) is 45.9. The van der Waals surface area contributed by atoms with E-state index in [2.05, 4.69) is 81.4 Å². The molecule has 0 amide bonds. The SMILES string of the molecule is CC1CCC[C@H](c2ccccc2)C1.CCCCCCCC[C@@H](C)c1ccccc1.c1ccccc1.c1ccccc1. The van der Waals surface area contributed by atoms with Gasteiger partial charge in [-0.2, -0.15) is 0 Å². The van der Waals surface area contributed by atoms with Crippen molar-refractivity contribution >= 4 is 0 Å². The lowest BCUT2D eigenvalue weighted by Crippen LogP contribution is -2.11. The summed E-state index contributed by atoms with van der Waals surface area (Å²) in [6.45, 7) is 7.01. The van der Waals surface area contributed by atoms with E-state index in [0.29, 0.717) is 0 Å². The van der Waals surface area contributed by atoms with Gasteiger partial charge in [-0.25, -0.2) is 0 Å². The number of unbranched alkanes of at least 4 members (excludes halogenated alkanes) is 5. The fourth-order valence-corrected chi connectivity index (χ4v) is 5.41. The number of rotatable bonds is 9. The predicted octanol–water partition coefficient (Wildman–Crippen LogP) is 12.9. The van der Waals surface area contributed by atoms with Crippen LogP contribution in [0, 0.1) is 5.92 Å². The summed E-state index contributed by atoms with van der Waals surface area (Å²) in [4.78, 5) is 0. The van der Waals surface area contributed by atoms with E-state index in [0.717, 1.165) is 17.8 Å². The maximum Gasteiger partial charge on any atom is -0.0159 e. The Balaban J connectivity index is 0.000000208. The molecule has 0 aromatic heterocycles. The van der Waals surface area contributed by atoms with Crippen molar-refractivity contribution in [3.05, 3.63) is 145 Å². The van der Waals surface area contributed by atoms with E-state index in [1.165, 1.54) is 76.2 Å². The van der Waals surface area contributed by atoms with E-state index in [4.69, 9.17) is 0 Å².